The Bertz CT molecular complexity index is 575. The van der Waals surface area contributed by atoms with Gasteiger partial charge in [-0.2, -0.15) is 0 Å². The Morgan fingerprint density at radius 3 is 2.60 bits per heavy atom. The fraction of sp³-hybridized carbons (Fsp3) is 0.571. The van der Waals surface area contributed by atoms with Crippen LogP contribution in [0, 0.1) is 6.92 Å². The Labute approximate surface area is 120 Å². The molecule has 1 aromatic rings. The number of hydrogen-bond acceptors (Lipinski definition) is 4. The van der Waals surface area contributed by atoms with Crippen LogP contribution in [0.25, 0.3) is 0 Å². The van der Waals surface area contributed by atoms with Gasteiger partial charge in [-0.25, -0.2) is 13.1 Å². The van der Waals surface area contributed by atoms with Crippen molar-refractivity contribution in [3.63, 3.8) is 0 Å². The summed E-state index contributed by atoms with van der Waals surface area (Å²) in [5, 5.41) is 0. The number of ether oxygens (including phenoxy) is 1. The topological polar surface area (TPSA) is 81.4 Å². The van der Waals surface area contributed by atoms with Gasteiger partial charge in [-0.15, -0.1) is 0 Å². The van der Waals surface area contributed by atoms with Crippen molar-refractivity contribution < 1.29 is 13.2 Å². The first kappa shape index (κ1) is 15.4. The Morgan fingerprint density at radius 1 is 1.40 bits per heavy atom. The molecule has 1 aromatic carbocycles. The van der Waals surface area contributed by atoms with E-state index in [2.05, 4.69) is 4.72 Å². The van der Waals surface area contributed by atoms with E-state index < -0.39 is 10.0 Å². The number of hydrogen-bond donors (Lipinski definition) is 2. The van der Waals surface area contributed by atoms with Crippen LogP contribution in [-0.4, -0.2) is 27.7 Å². The summed E-state index contributed by atoms with van der Waals surface area (Å²) in [4.78, 5) is 0.297. The molecule has 0 atom stereocenters. The second-order valence-corrected chi connectivity index (χ2v) is 7.05. The lowest BCUT2D eigenvalue weighted by atomic mass is 9.80. The fourth-order valence-electron chi connectivity index (χ4n) is 2.50. The molecule has 0 heterocycles. The molecule has 2 rings (SSSR count). The van der Waals surface area contributed by atoms with Crippen LogP contribution in [0.4, 0.5) is 0 Å². The lowest BCUT2D eigenvalue weighted by Crippen LogP contribution is -2.49. The third kappa shape index (κ3) is 2.88. The highest BCUT2D eigenvalue weighted by molar-refractivity contribution is 7.89. The van der Waals surface area contributed by atoms with Gasteiger partial charge in [0.25, 0.3) is 0 Å². The minimum atomic E-state index is -3.53. The summed E-state index contributed by atoms with van der Waals surface area (Å²) in [6.45, 7) is 2.43. The second kappa shape index (κ2) is 5.81. The average molecular weight is 298 g/mol. The predicted octanol–water partition coefficient (Wildman–Crippen LogP) is 1.30. The summed E-state index contributed by atoms with van der Waals surface area (Å²) in [5.74, 6) is 0. The van der Waals surface area contributed by atoms with Crippen LogP contribution in [0.15, 0.2) is 23.1 Å². The molecule has 0 spiro atoms. The Kier molecular flexibility index (Phi) is 4.49. The maximum atomic E-state index is 12.4. The number of methoxy groups -OCH3 is 1. The van der Waals surface area contributed by atoms with Crippen LogP contribution < -0.4 is 10.5 Å². The standard InChI is InChI=1S/C14H22N2O3S/c1-11-12(9-15)5-3-6-13(11)20(17,18)16-10-14(19-2)7-4-8-14/h3,5-6,16H,4,7-10,15H2,1-2H3. The first-order valence-electron chi connectivity index (χ1n) is 6.77. The maximum absolute atomic E-state index is 12.4. The summed E-state index contributed by atoms with van der Waals surface area (Å²) in [7, 11) is -1.90. The molecule has 112 valence electrons. The molecule has 3 N–H and O–H groups in total. The summed E-state index contributed by atoms with van der Waals surface area (Å²) in [6.07, 6.45) is 2.87. The molecular formula is C14H22N2O3S. The monoisotopic (exact) mass is 298 g/mol. The van der Waals surface area contributed by atoms with Crippen molar-refractivity contribution in [2.24, 2.45) is 5.73 Å². The van der Waals surface area contributed by atoms with Gasteiger partial charge in [0.2, 0.25) is 10.0 Å². The van der Waals surface area contributed by atoms with Crippen LogP contribution in [-0.2, 0) is 21.3 Å². The molecule has 0 radical (unpaired) electrons. The summed E-state index contributed by atoms with van der Waals surface area (Å²) < 4.78 is 32.9. The number of benzene rings is 1. The normalized spacial score (nSPS) is 17.8. The van der Waals surface area contributed by atoms with Crippen molar-refractivity contribution in [2.75, 3.05) is 13.7 Å². The van der Waals surface area contributed by atoms with Gasteiger partial charge in [-0.05, 0) is 43.4 Å². The van der Waals surface area contributed by atoms with Crippen LogP contribution in [0.5, 0.6) is 0 Å². The van der Waals surface area contributed by atoms with E-state index in [1.165, 1.54) is 0 Å². The first-order chi connectivity index (χ1) is 9.44. The van der Waals surface area contributed by atoms with Crippen molar-refractivity contribution >= 4 is 10.0 Å². The van der Waals surface area contributed by atoms with Crippen molar-refractivity contribution in [2.45, 2.75) is 43.2 Å². The molecule has 5 nitrogen and oxygen atoms in total. The number of sulfonamides is 1. The van der Waals surface area contributed by atoms with Crippen molar-refractivity contribution in [1.29, 1.82) is 0 Å². The summed E-state index contributed by atoms with van der Waals surface area (Å²) in [6, 6.07) is 5.17. The third-order valence-electron chi connectivity index (χ3n) is 4.19. The summed E-state index contributed by atoms with van der Waals surface area (Å²) in [5.41, 5.74) is 6.85. The lowest BCUT2D eigenvalue weighted by Gasteiger charge is -2.40. The lowest BCUT2D eigenvalue weighted by molar-refractivity contribution is -0.0659. The van der Waals surface area contributed by atoms with Crippen LogP contribution >= 0.6 is 0 Å². The maximum Gasteiger partial charge on any atom is 0.240 e. The minimum absolute atomic E-state index is 0.297. The van der Waals surface area contributed by atoms with Crippen LogP contribution in [0.3, 0.4) is 0 Å². The van der Waals surface area contributed by atoms with E-state index in [1.807, 2.05) is 6.07 Å². The highest BCUT2D eigenvalue weighted by Gasteiger charge is 2.38. The zero-order chi connectivity index (χ0) is 14.8. The van der Waals surface area contributed by atoms with Gasteiger partial charge >= 0.3 is 0 Å². The van der Waals surface area contributed by atoms with Crippen molar-refractivity contribution in [1.82, 2.24) is 4.72 Å². The van der Waals surface area contributed by atoms with Gasteiger partial charge in [0, 0.05) is 20.2 Å². The SMILES string of the molecule is COC1(CNS(=O)(=O)c2cccc(CN)c2C)CCC1. The molecule has 1 aliphatic rings. The van der Waals surface area contributed by atoms with Crippen molar-refractivity contribution in [3.05, 3.63) is 29.3 Å². The molecule has 1 aliphatic carbocycles. The number of nitrogens with one attached hydrogen (secondary N) is 1. The van der Waals surface area contributed by atoms with Gasteiger partial charge in [0.15, 0.2) is 0 Å². The molecule has 0 bridgehead atoms. The predicted molar refractivity (Wildman–Crippen MR) is 77.8 cm³/mol. The smallest absolute Gasteiger partial charge is 0.240 e. The van der Waals surface area contributed by atoms with Gasteiger partial charge < -0.3 is 10.5 Å². The molecule has 0 aliphatic heterocycles. The molecule has 1 saturated carbocycles. The Balaban J connectivity index is 2.18. The van der Waals surface area contributed by atoms with E-state index in [0.717, 1.165) is 24.8 Å². The molecule has 0 saturated heterocycles. The van der Waals surface area contributed by atoms with Crippen LogP contribution in [0.2, 0.25) is 0 Å². The average Bonchev–Trinajstić information content (AvgIpc) is 2.38. The molecule has 0 amide bonds. The molecule has 1 fully saturated rings. The van der Waals surface area contributed by atoms with E-state index in [0.29, 0.717) is 23.5 Å². The molecule has 20 heavy (non-hydrogen) atoms. The van der Waals surface area contributed by atoms with E-state index in [9.17, 15) is 8.42 Å². The number of rotatable bonds is 6. The Morgan fingerprint density at radius 2 is 2.10 bits per heavy atom. The minimum Gasteiger partial charge on any atom is -0.377 e. The van der Waals surface area contributed by atoms with Crippen LogP contribution in [0.1, 0.15) is 30.4 Å². The van der Waals surface area contributed by atoms with E-state index in [1.54, 1.807) is 26.2 Å². The van der Waals surface area contributed by atoms with Gasteiger partial charge in [-0.3, -0.25) is 0 Å². The highest BCUT2D eigenvalue weighted by Crippen LogP contribution is 2.34. The van der Waals surface area contributed by atoms with Crippen molar-refractivity contribution in [3.8, 4) is 0 Å². The summed E-state index contributed by atoms with van der Waals surface area (Å²) >= 11 is 0. The highest BCUT2D eigenvalue weighted by atomic mass is 32.2. The largest absolute Gasteiger partial charge is 0.377 e. The first-order valence-corrected chi connectivity index (χ1v) is 8.26. The Hall–Kier alpha value is -0.950. The third-order valence-corrected chi connectivity index (χ3v) is 5.73. The second-order valence-electron chi connectivity index (χ2n) is 5.31. The molecule has 6 heteroatoms. The zero-order valence-corrected chi connectivity index (χ0v) is 12.8. The van der Waals surface area contributed by atoms with E-state index >= 15 is 0 Å². The fourth-order valence-corrected chi connectivity index (χ4v) is 3.90. The van der Waals surface area contributed by atoms with Gasteiger partial charge in [0.1, 0.15) is 0 Å². The molecular weight excluding hydrogens is 276 g/mol. The molecule has 0 aromatic heterocycles. The zero-order valence-electron chi connectivity index (χ0n) is 12.0. The van der Waals surface area contributed by atoms with Gasteiger partial charge in [0.05, 0.1) is 10.5 Å². The quantitative estimate of drug-likeness (QED) is 0.829. The molecule has 0 unspecified atom stereocenters. The van der Waals surface area contributed by atoms with Gasteiger partial charge in [-0.1, -0.05) is 12.1 Å². The number of nitrogens with two attached hydrogens (primary N) is 1. The van der Waals surface area contributed by atoms with E-state index in [4.69, 9.17) is 10.5 Å². The van der Waals surface area contributed by atoms with E-state index in [-0.39, 0.29) is 5.60 Å².